The van der Waals surface area contributed by atoms with E-state index in [2.05, 4.69) is 22.5 Å². The summed E-state index contributed by atoms with van der Waals surface area (Å²) < 4.78 is 7.57. The minimum absolute atomic E-state index is 0.497. The predicted molar refractivity (Wildman–Crippen MR) is 126 cm³/mol. The van der Waals surface area contributed by atoms with Crippen molar-refractivity contribution in [2.75, 3.05) is 25.0 Å². The number of fused-ring (bicyclic) bond motifs is 2. The number of carbonyl (C=O) groups is 1. The van der Waals surface area contributed by atoms with Gasteiger partial charge in [-0.2, -0.15) is 4.98 Å². The summed E-state index contributed by atoms with van der Waals surface area (Å²) in [6, 6.07) is 18.0. The third kappa shape index (κ3) is 4.19. The van der Waals surface area contributed by atoms with E-state index in [1.54, 1.807) is 4.52 Å². The summed E-state index contributed by atoms with van der Waals surface area (Å²) in [5, 5.41) is 17.2. The Bertz CT molecular complexity index is 1320. The summed E-state index contributed by atoms with van der Waals surface area (Å²) in [5.41, 5.74) is 5.86. The topological polar surface area (TPSA) is 92.0 Å². The van der Waals surface area contributed by atoms with Gasteiger partial charge in [-0.1, -0.05) is 24.3 Å². The number of para-hydroxylation sites is 1. The van der Waals surface area contributed by atoms with E-state index in [1.165, 1.54) is 10.5 Å². The van der Waals surface area contributed by atoms with E-state index in [0.717, 1.165) is 40.2 Å². The van der Waals surface area contributed by atoms with Crippen LogP contribution in [0.25, 0.3) is 16.8 Å². The normalized spacial score (nSPS) is 13.4. The molecule has 33 heavy (non-hydrogen) atoms. The lowest BCUT2D eigenvalue weighted by Gasteiger charge is -2.14. The third-order valence-electron chi connectivity index (χ3n) is 5.87. The van der Waals surface area contributed by atoms with Crippen LogP contribution in [0.3, 0.4) is 0 Å². The van der Waals surface area contributed by atoms with Crippen molar-refractivity contribution in [3.05, 3.63) is 71.9 Å². The smallest absolute Gasteiger partial charge is 0.407 e. The van der Waals surface area contributed by atoms with Crippen molar-refractivity contribution in [1.82, 2.24) is 19.5 Å². The molecule has 3 heterocycles. The minimum Gasteiger partial charge on any atom is -0.493 e. The molecule has 4 aromatic rings. The van der Waals surface area contributed by atoms with Crippen LogP contribution in [0, 0.1) is 0 Å². The molecule has 0 atom stereocenters. The number of hydrogen-bond donors (Lipinski definition) is 2. The molecule has 2 N–H and O–H groups in total. The number of pyridine rings is 1. The van der Waals surface area contributed by atoms with E-state index in [-0.39, 0.29) is 0 Å². The molecule has 0 aliphatic carbocycles. The number of aromatic nitrogens is 3. The number of carboxylic acid groups (broad SMARTS) is 1. The van der Waals surface area contributed by atoms with Crippen molar-refractivity contribution >= 4 is 23.4 Å². The van der Waals surface area contributed by atoms with Crippen molar-refractivity contribution in [2.24, 2.45) is 0 Å². The zero-order valence-electron chi connectivity index (χ0n) is 18.4. The van der Waals surface area contributed by atoms with E-state index >= 15 is 0 Å². The molecule has 0 saturated carbocycles. The molecular formula is C25H25N5O3. The Balaban J connectivity index is 1.44. The van der Waals surface area contributed by atoms with Crippen LogP contribution in [0.1, 0.15) is 18.1 Å². The number of rotatable bonds is 5. The zero-order valence-corrected chi connectivity index (χ0v) is 18.4. The van der Waals surface area contributed by atoms with Crippen LogP contribution in [0.15, 0.2) is 60.8 Å². The van der Waals surface area contributed by atoms with Crippen molar-refractivity contribution in [3.63, 3.8) is 0 Å². The molecule has 5 rings (SSSR count). The number of ether oxygens (including phenoxy) is 1. The van der Waals surface area contributed by atoms with Crippen LogP contribution in [-0.2, 0) is 12.8 Å². The summed E-state index contributed by atoms with van der Waals surface area (Å²) in [6.07, 6.45) is 2.42. The second kappa shape index (κ2) is 8.82. The molecule has 2 aromatic carbocycles. The lowest BCUT2D eigenvalue weighted by molar-refractivity contribution is 0.147. The molecule has 1 amide bonds. The highest BCUT2D eigenvalue weighted by Gasteiger charge is 2.18. The van der Waals surface area contributed by atoms with Crippen LogP contribution in [0.2, 0.25) is 0 Å². The first-order chi connectivity index (χ1) is 16.1. The number of benzene rings is 2. The molecule has 0 bridgehead atoms. The predicted octanol–water partition coefficient (Wildman–Crippen LogP) is 4.62. The first kappa shape index (κ1) is 20.8. The average molecular weight is 444 g/mol. The van der Waals surface area contributed by atoms with Crippen LogP contribution >= 0.6 is 0 Å². The molecule has 0 radical (unpaired) electrons. The van der Waals surface area contributed by atoms with Crippen molar-refractivity contribution in [3.8, 4) is 16.9 Å². The lowest BCUT2D eigenvalue weighted by atomic mass is 10.0. The molecule has 8 nitrogen and oxygen atoms in total. The Kier molecular flexibility index (Phi) is 5.56. The van der Waals surface area contributed by atoms with Crippen molar-refractivity contribution in [1.29, 1.82) is 0 Å². The van der Waals surface area contributed by atoms with Crippen LogP contribution in [0.5, 0.6) is 5.75 Å². The molecule has 168 valence electrons. The zero-order chi connectivity index (χ0) is 22.8. The maximum absolute atomic E-state index is 11.3. The maximum atomic E-state index is 11.3. The van der Waals surface area contributed by atoms with E-state index in [0.29, 0.717) is 32.1 Å². The quantitative estimate of drug-likeness (QED) is 0.468. The van der Waals surface area contributed by atoms with E-state index < -0.39 is 6.09 Å². The van der Waals surface area contributed by atoms with Crippen LogP contribution in [-0.4, -0.2) is 50.4 Å². The molecule has 0 spiro atoms. The highest BCUT2D eigenvalue weighted by molar-refractivity contribution is 5.82. The highest BCUT2D eigenvalue weighted by atomic mass is 16.5. The average Bonchev–Trinajstić information content (AvgIpc) is 3.10. The fourth-order valence-electron chi connectivity index (χ4n) is 4.26. The molecule has 0 saturated heterocycles. The third-order valence-corrected chi connectivity index (χ3v) is 5.87. The monoisotopic (exact) mass is 443 g/mol. The van der Waals surface area contributed by atoms with Gasteiger partial charge in [0.15, 0.2) is 5.65 Å². The molecule has 0 fully saturated rings. The Morgan fingerprint density at radius 1 is 1.06 bits per heavy atom. The van der Waals surface area contributed by atoms with Gasteiger partial charge in [0.2, 0.25) is 5.95 Å². The number of amides is 1. The van der Waals surface area contributed by atoms with Crippen molar-refractivity contribution in [2.45, 2.75) is 19.8 Å². The molecule has 2 aromatic heterocycles. The van der Waals surface area contributed by atoms with E-state index in [1.807, 2.05) is 55.6 Å². The highest BCUT2D eigenvalue weighted by Crippen LogP contribution is 2.33. The summed E-state index contributed by atoms with van der Waals surface area (Å²) in [5.74, 6) is 1.31. The summed E-state index contributed by atoms with van der Waals surface area (Å²) in [4.78, 5) is 17.5. The number of nitrogens with zero attached hydrogens (tertiary/aromatic N) is 4. The van der Waals surface area contributed by atoms with Gasteiger partial charge < -0.3 is 20.1 Å². The Hall–Kier alpha value is -4.07. The second-order valence-corrected chi connectivity index (χ2v) is 7.93. The SMILES string of the molecule is CCOc1ccccc1-c1cccn2nc(Nc3ccc4c(c3)CCN(C(=O)O)CC4)nc12. The lowest BCUT2D eigenvalue weighted by Crippen LogP contribution is -2.31. The van der Waals surface area contributed by atoms with Gasteiger partial charge in [-0.3, -0.25) is 0 Å². The van der Waals surface area contributed by atoms with E-state index in [9.17, 15) is 9.90 Å². The van der Waals surface area contributed by atoms with Gasteiger partial charge in [-0.15, -0.1) is 5.10 Å². The van der Waals surface area contributed by atoms with Gasteiger partial charge in [-0.25, -0.2) is 9.31 Å². The van der Waals surface area contributed by atoms with Crippen LogP contribution in [0.4, 0.5) is 16.4 Å². The largest absolute Gasteiger partial charge is 0.493 e. The van der Waals surface area contributed by atoms with Gasteiger partial charge >= 0.3 is 6.09 Å². The molecule has 8 heteroatoms. The number of nitrogens with one attached hydrogen (secondary N) is 1. The molecular weight excluding hydrogens is 418 g/mol. The van der Waals surface area contributed by atoms with Gasteiger partial charge in [0.05, 0.1) is 6.61 Å². The molecule has 0 unspecified atom stereocenters. The summed E-state index contributed by atoms with van der Waals surface area (Å²) in [6.45, 7) is 3.58. The number of hydrogen-bond acceptors (Lipinski definition) is 5. The fourth-order valence-corrected chi connectivity index (χ4v) is 4.26. The van der Waals surface area contributed by atoms with Gasteiger partial charge in [0.1, 0.15) is 5.75 Å². The molecule has 1 aliphatic rings. The first-order valence-corrected chi connectivity index (χ1v) is 11.1. The van der Waals surface area contributed by atoms with Crippen LogP contribution < -0.4 is 10.1 Å². The Labute approximate surface area is 191 Å². The number of anilines is 2. The van der Waals surface area contributed by atoms with E-state index in [4.69, 9.17) is 9.72 Å². The fraction of sp³-hybridized carbons (Fsp3) is 0.240. The second-order valence-electron chi connectivity index (χ2n) is 7.93. The maximum Gasteiger partial charge on any atom is 0.407 e. The standard InChI is InChI=1S/C25H25N5O3/c1-2-33-22-8-4-3-6-20(22)21-7-5-13-30-23(21)27-24(28-30)26-19-10-9-17-11-14-29(25(31)32)15-12-18(17)16-19/h3-10,13,16H,2,11-12,14-15H2,1H3,(H,26,28)(H,31,32). The Morgan fingerprint density at radius 3 is 2.67 bits per heavy atom. The van der Waals surface area contributed by atoms with Gasteiger partial charge in [-0.05, 0) is 61.2 Å². The minimum atomic E-state index is -0.864. The van der Waals surface area contributed by atoms with Gasteiger partial charge in [0.25, 0.3) is 0 Å². The van der Waals surface area contributed by atoms with Crippen molar-refractivity contribution < 1.29 is 14.6 Å². The summed E-state index contributed by atoms with van der Waals surface area (Å²) in [7, 11) is 0. The van der Waals surface area contributed by atoms with Gasteiger partial charge in [0, 0.05) is 36.1 Å². The first-order valence-electron chi connectivity index (χ1n) is 11.1. The molecule has 1 aliphatic heterocycles. The summed E-state index contributed by atoms with van der Waals surface area (Å²) >= 11 is 0. The Morgan fingerprint density at radius 2 is 1.85 bits per heavy atom.